The van der Waals surface area contributed by atoms with Crippen LogP contribution in [0.1, 0.15) is 12.5 Å². The minimum absolute atomic E-state index is 0.0105. The smallest absolute Gasteiger partial charge is 0.416 e. The maximum absolute atomic E-state index is 13.4. The fourth-order valence-electron chi connectivity index (χ4n) is 1.34. The molecule has 1 rings (SSSR count). The second kappa shape index (κ2) is 6.40. The number of halogens is 4. The van der Waals surface area contributed by atoms with Crippen molar-refractivity contribution >= 4 is 11.7 Å². The minimum atomic E-state index is -4.57. The van der Waals surface area contributed by atoms with Crippen molar-refractivity contribution in [1.82, 2.24) is 0 Å². The lowest BCUT2D eigenvalue weighted by atomic mass is 10.2. The summed E-state index contributed by atoms with van der Waals surface area (Å²) in [7, 11) is 0. The van der Waals surface area contributed by atoms with E-state index in [-0.39, 0.29) is 24.4 Å². The summed E-state index contributed by atoms with van der Waals surface area (Å²) in [5.41, 5.74) is -1.35. The van der Waals surface area contributed by atoms with Crippen LogP contribution in [-0.2, 0) is 15.7 Å². The monoisotopic (exact) mass is 291 g/mol. The molecule has 0 aliphatic rings. The van der Waals surface area contributed by atoms with Gasteiger partial charge in [0.05, 0.1) is 17.9 Å². The highest BCUT2D eigenvalue weighted by Gasteiger charge is 2.31. The quantitative estimate of drug-likeness (QED) is 0.513. The Labute approximate surface area is 113 Å². The third-order valence-electron chi connectivity index (χ3n) is 2.35. The zero-order valence-corrected chi connectivity index (χ0v) is 10.7. The molecule has 0 heterocycles. The van der Waals surface area contributed by atoms with E-state index in [1.165, 1.54) is 0 Å². The second-order valence-corrected chi connectivity index (χ2v) is 3.87. The van der Waals surface area contributed by atoms with Crippen LogP contribution in [0.4, 0.5) is 23.2 Å². The van der Waals surface area contributed by atoms with Gasteiger partial charge in [0.25, 0.3) is 0 Å². The molecule has 1 aromatic rings. The van der Waals surface area contributed by atoms with Crippen LogP contribution in [0.15, 0.2) is 30.4 Å². The Morgan fingerprint density at radius 2 is 2.05 bits per heavy atom. The molecule has 0 fully saturated rings. The molecular weight excluding hydrogens is 278 g/mol. The number of carbonyl (C=O) groups is 1. The van der Waals surface area contributed by atoms with E-state index in [1.807, 2.05) is 0 Å². The zero-order chi connectivity index (χ0) is 15.3. The van der Waals surface area contributed by atoms with Crippen LogP contribution in [0.25, 0.3) is 0 Å². The number of esters is 1. The summed E-state index contributed by atoms with van der Waals surface area (Å²) in [6, 6.07) is 1.98. The SMILES string of the molecule is C=C(CNc1cc(C(F)(F)F)ccc1F)C(=O)OCC. The summed E-state index contributed by atoms with van der Waals surface area (Å²) in [4.78, 5) is 11.2. The van der Waals surface area contributed by atoms with Crippen molar-refractivity contribution < 1.29 is 27.1 Å². The first-order valence-corrected chi connectivity index (χ1v) is 5.71. The standard InChI is InChI=1S/C13H13F4NO2/c1-3-20-12(19)8(2)7-18-11-6-9(13(15,16)17)4-5-10(11)14/h4-6,18H,2-3,7H2,1H3. The number of rotatable bonds is 5. The number of ether oxygens (including phenoxy) is 1. The number of carbonyl (C=O) groups excluding carboxylic acids is 1. The van der Waals surface area contributed by atoms with E-state index in [0.29, 0.717) is 18.2 Å². The molecule has 1 N–H and O–H groups in total. The predicted molar refractivity (Wildman–Crippen MR) is 65.7 cm³/mol. The lowest BCUT2D eigenvalue weighted by Crippen LogP contribution is -2.16. The van der Waals surface area contributed by atoms with Gasteiger partial charge in [0.1, 0.15) is 5.82 Å². The zero-order valence-electron chi connectivity index (χ0n) is 10.7. The van der Waals surface area contributed by atoms with E-state index in [2.05, 4.69) is 16.6 Å². The van der Waals surface area contributed by atoms with Crippen molar-refractivity contribution in [3.63, 3.8) is 0 Å². The molecule has 0 spiro atoms. The first kappa shape index (κ1) is 16.0. The molecule has 0 aliphatic heterocycles. The molecule has 0 aromatic heterocycles. The van der Waals surface area contributed by atoms with E-state index in [1.54, 1.807) is 6.92 Å². The van der Waals surface area contributed by atoms with Crippen molar-refractivity contribution in [2.75, 3.05) is 18.5 Å². The van der Waals surface area contributed by atoms with Gasteiger partial charge in [0.2, 0.25) is 0 Å². The average molecular weight is 291 g/mol. The highest BCUT2D eigenvalue weighted by molar-refractivity contribution is 5.88. The van der Waals surface area contributed by atoms with Gasteiger partial charge in [-0.1, -0.05) is 6.58 Å². The van der Waals surface area contributed by atoms with E-state index in [4.69, 9.17) is 0 Å². The molecule has 0 aliphatic carbocycles. The lowest BCUT2D eigenvalue weighted by Gasteiger charge is -2.12. The largest absolute Gasteiger partial charge is 0.463 e. The van der Waals surface area contributed by atoms with Gasteiger partial charge in [0, 0.05) is 12.1 Å². The van der Waals surface area contributed by atoms with Crippen LogP contribution in [0.5, 0.6) is 0 Å². The van der Waals surface area contributed by atoms with Gasteiger partial charge in [-0.25, -0.2) is 9.18 Å². The minimum Gasteiger partial charge on any atom is -0.463 e. The van der Waals surface area contributed by atoms with Gasteiger partial charge < -0.3 is 10.1 Å². The summed E-state index contributed by atoms with van der Waals surface area (Å²) < 4.78 is 55.5. The van der Waals surface area contributed by atoms with Crippen molar-refractivity contribution in [3.05, 3.63) is 41.7 Å². The Morgan fingerprint density at radius 1 is 1.40 bits per heavy atom. The van der Waals surface area contributed by atoms with Gasteiger partial charge in [-0.3, -0.25) is 0 Å². The lowest BCUT2D eigenvalue weighted by molar-refractivity contribution is -0.139. The second-order valence-electron chi connectivity index (χ2n) is 3.87. The summed E-state index contributed by atoms with van der Waals surface area (Å²) in [6.07, 6.45) is -4.57. The summed E-state index contributed by atoms with van der Waals surface area (Å²) in [5, 5.41) is 2.39. The average Bonchev–Trinajstić information content (AvgIpc) is 2.36. The van der Waals surface area contributed by atoms with E-state index >= 15 is 0 Å². The molecule has 1 aromatic carbocycles. The van der Waals surface area contributed by atoms with Crippen molar-refractivity contribution in [2.24, 2.45) is 0 Å². The third-order valence-corrected chi connectivity index (χ3v) is 2.35. The molecule has 0 radical (unpaired) electrons. The van der Waals surface area contributed by atoms with E-state index in [0.717, 1.165) is 0 Å². The highest BCUT2D eigenvalue weighted by atomic mass is 19.4. The number of anilines is 1. The van der Waals surface area contributed by atoms with Crippen LogP contribution in [0.2, 0.25) is 0 Å². The molecule has 3 nitrogen and oxygen atoms in total. The first-order valence-electron chi connectivity index (χ1n) is 5.71. The number of hydrogen-bond acceptors (Lipinski definition) is 3. The molecule has 0 saturated carbocycles. The summed E-state index contributed by atoms with van der Waals surface area (Å²) >= 11 is 0. The first-order chi connectivity index (χ1) is 9.25. The molecule has 0 unspecified atom stereocenters. The molecular formula is C13H13F4NO2. The Kier molecular flexibility index (Phi) is 5.12. The Balaban J connectivity index is 2.78. The number of alkyl halides is 3. The molecule has 0 amide bonds. The van der Waals surface area contributed by atoms with Crippen LogP contribution in [0, 0.1) is 5.82 Å². The fourth-order valence-corrected chi connectivity index (χ4v) is 1.34. The van der Waals surface area contributed by atoms with Crippen LogP contribution < -0.4 is 5.32 Å². The molecule has 0 bridgehead atoms. The van der Waals surface area contributed by atoms with Gasteiger partial charge in [-0.2, -0.15) is 13.2 Å². The van der Waals surface area contributed by atoms with Gasteiger partial charge >= 0.3 is 12.1 Å². The fraction of sp³-hybridized carbons (Fsp3) is 0.308. The number of benzene rings is 1. The predicted octanol–water partition coefficient (Wildman–Crippen LogP) is 3.38. The number of nitrogens with one attached hydrogen (secondary N) is 1. The maximum Gasteiger partial charge on any atom is 0.416 e. The topological polar surface area (TPSA) is 38.3 Å². The van der Waals surface area contributed by atoms with Crippen molar-refractivity contribution in [2.45, 2.75) is 13.1 Å². The van der Waals surface area contributed by atoms with Gasteiger partial charge in [-0.05, 0) is 25.1 Å². The van der Waals surface area contributed by atoms with E-state index in [9.17, 15) is 22.4 Å². The number of hydrogen-bond donors (Lipinski definition) is 1. The molecule has 7 heteroatoms. The normalized spacial score (nSPS) is 11.1. The summed E-state index contributed by atoms with van der Waals surface area (Å²) in [6.45, 7) is 4.95. The highest BCUT2D eigenvalue weighted by Crippen LogP contribution is 2.31. The van der Waals surface area contributed by atoms with Gasteiger partial charge in [-0.15, -0.1) is 0 Å². The summed E-state index contributed by atoms with van der Waals surface area (Å²) in [5.74, 6) is -1.54. The van der Waals surface area contributed by atoms with E-state index < -0.39 is 23.5 Å². The van der Waals surface area contributed by atoms with Crippen LogP contribution >= 0.6 is 0 Å². The Bertz CT molecular complexity index is 512. The molecule has 0 saturated heterocycles. The van der Waals surface area contributed by atoms with Gasteiger partial charge in [0.15, 0.2) is 0 Å². The molecule has 20 heavy (non-hydrogen) atoms. The van der Waals surface area contributed by atoms with Crippen molar-refractivity contribution in [1.29, 1.82) is 0 Å². The maximum atomic E-state index is 13.4. The van der Waals surface area contributed by atoms with Crippen molar-refractivity contribution in [3.8, 4) is 0 Å². The molecule has 110 valence electrons. The molecule has 0 atom stereocenters. The van der Waals surface area contributed by atoms with Crippen LogP contribution in [0.3, 0.4) is 0 Å². The Hall–Kier alpha value is -2.05. The van der Waals surface area contributed by atoms with Crippen LogP contribution in [-0.4, -0.2) is 19.1 Å². The third kappa shape index (κ3) is 4.25. The Morgan fingerprint density at radius 3 is 2.60 bits per heavy atom.